The Bertz CT molecular complexity index is 1230. The number of fused-ring (bicyclic) bond motifs is 1. The van der Waals surface area contributed by atoms with E-state index in [-0.39, 0.29) is 5.92 Å². The number of H-pyrrole nitrogens is 1. The molecule has 1 amide bonds. The van der Waals surface area contributed by atoms with E-state index in [1.165, 1.54) is 31.5 Å². The second-order valence-electron chi connectivity index (χ2n) is 10.8. The number of aromatic amines is 1. The lowest BCUT2D eigenvalue weighted by molar-refractivity contribution is -0.137. The molecule has 0 aliphatic carbocycles. The second kappa shape index (κ2) is 10.1. The number of carbonyl (C=O) groups is 1. The summed E-state index contributed by atoms with van der Waals surface area (Å²) in [5, 5.41) is 0.692. The molecule has 3 aromatic rings. The lowest BCUT2D eigenvalue weighted by Crippen LogP contribution is -2.49. The molecule has 0 bridgehead atoms. The molecule has 2 aromatic carbocycles. The van der Waals surface area contributed by atoms with Crippen LogP contribution in [0.25, 0.3) is 22.4 Å². The van der Waals surface area contributed by atoms with Crippen LogP contribution < -0.4 is 4.90 Å². The highest BCUT2D eigenvalue weighted by molar-refractivity contribution is 6.33. The number of rotatable bonds is 4. The normalized spacial score (nSPS) is 20.5. The minimum Gasteiger partial charge on any atom is -0.371 e. The highest BCUT2D eigenvalue weighted by atomic mass is 35.5. The lowest BCUT2D eigenvalue weighted by atomic mass is 9.93. The van der Waals surface area contributed by atoms with Gasteiger partial charge in [-0.2, -0.15) is 0 Å². The molecule has 3 saturated heterocycles. The van der Waals surface area contributed by atoms with Crippen LogP contribution in [0.5, 0.6) is 0 Å². The number of amides is 1. The van der Waals surface area contributed by atoms with Crippen molar-refractivity contribution in [2.45, 2.75) is 51.5 Å². The van der Waals surface area contributed by atoms with Crippen LogP contribution in [0, 0.1) is 12.8 Å². The Balaban J connectivity index is 1.08. The van der Waals surface area contributed by atoms with Gasteiger partial charge in [0, 0.05) is 49.4 Å². The minimum absolute atomic E-state index is 0.148. The fourth-order valence-corrected chi connectivity index (χ4v) is 6.54. The molecule has 4 heterocycles. The molecule has 1 aromatic heterocycles. The third-order valence-electron chi connectivity index (χ3n) is 8.49. The molecule has 0 saturated carbocycles. The molecule has 3 aliphatic heterocycles. The van der Waals surface area contributed by atoms with E-state index >= 15 is 0 Å². The molecule has 0 unspecified atom stereocenters. The molecular weight excluding hydrogens is 470 g/mol. The number of piperidine rings is 2. The Kier molecular flexibility index (Phi) is 6.65. The van der Waals surface area contributed by atoms with Crippen molar-refractivity contribution in [1.82, 2.24) is 19.8 Å². The third kappa shape index (κ3) is 4.73. The van der Waals surface area contributed by atoms with Gasteiger partial charge in [0.25, 0.3) is 0 Å². The maximum atomic E-state index is 13.3. The van der Waals surface area contributed by atoms with Crippen LogP contribution in [0.2, 0.25) is 5.02 Å². The first-order valence-electron chi connectivity index (χ1n) is 13.6. The molecule has 0 radical (unpaired) electrons. The van der Waals surface area contributed by atoms with Crippen LogP contribution in [-0.2, 0) is 4.79 Å². The van der Waals surface area contributed by atoms with E-state index in [2.05, 4.69) is 56.9 Å². The average Bonchev–Trinajstić information content (AvgIpc) is 3.59. The van der Waals surface area contributed by atoms with E-state index < -0.39 is 0 Å². The number of nitrogens with one attached hydrogen (secondary N) is 1. The molecule has 6 rings (SSSR count). The van der Waals surface area contributed by atoms with Gasteiger partial charge in [-0.15, -0.1) is 0 Å². The van der Waals surface area contributed by atoms with E-state index in [9.17, 15) is 4.79 Å². The molecule has 1 N–H and O–H groups in total. The standard InChI is InChI=1S/C29H36ClN5O/c1-20-4-7-26-27(18-20)32-28(31-26)24-19-23(5-6-25(24)30)34-14-8-21(9-15-34)29(36)35-16-10-22(11-17-35)33-12-2-3-13-33/h4-7,18-19,21-22H,2-3,8-17H2,1H3,(H,31,32). The first-order chi connectivity index (χ1) is 17.5. The number of nitrogens with zero attached hydrogens (tertiary/aromatic N) is 4. The molecule has 3 fully saturated rings. The zero-order valence-corrected chi connectivity index (χ0v) is 21.9. The van der Waals surface area contributed by atoms with E-state index in [4.69, 9.17) is 16.6 Å². The Morgan fingerprint density at radius 3 is 2.44 bits per heavy atom. The number of benzene rings is 2. The highest BCUT2D eigenvalue weighted by Gasteiger charge is 2.33. The number of aryl methyl sites for hydroxylation is 1. The summed E-state index contributed by atoms with van der Waals surface area (Å²) < 4.78 is 0. The Morgan fingerprint density at radius 2 is 1.69 bits per heavy atom. The Morgan fingerprint density at radius 1 is 0.944 bits per heavy atom. The number of likely N-dealkylation sites (tertiary alicyclic amines) is 2. The molecule has 36 heavy (non-hydrogen) atoms. The average molecular weight is 506 g/mol. The first kappa shape index (κ1) is 23.8. The van der Waals surface area contributed by atoms with Crippen molar-refractivity contribution in [2.75, 3.05) is 44.2 Å². The molecule has 7 heteroatoms. The minimum atomic E-state index is 0.148. The van der Waals surface area contributed by atoms with Gasteiger partial charge >= 0.3 is 0 Å². The van der Waals surface area contributed by atoms with Crippen molar-refractivity contribution >= 4 is 34.2 Å². The summed E-state index contributed by atoms with van der Waals surface area (Å²) in [7, 11) is 0. The van der Waals surface area contributed by atoms with Crippen LogP contribution in [0.3, 0.4) is 0 Å². The Hall–Kier alpha value is -2.57. The van der Waals surface area contributed by atoms with Crippen LogP contribution in [-0.4, -0.2) is 71.0 Å². The zero-order valence-electron chi connectivity index (χ0n) is 21.2. The third-order valence-corrected chi connectivity index (χ3v) is 8.82. The molecule has 0 atom stereocenters. The predicted molar refractivity (Wildman–Crippen MR) is 147 cm³/mol. The predicted octanol–water partition coefficient (Wildman–Crippen LogP) is 5.49. The van der Waals surface area contributed by atoms with E-state index in [1.807, 2.05) is 6.07 Å². The van der Waals surface area contributed by atoms with Crippen molar-refractivity contribution in [3.8, 4) is 11.4 Å². The summed E-state index contributed by atoms with van der Waals surface area (Å²) in [6.45, 7) is 8.21. The topological polar surface area (TPSA) is 55.5 Å². The number of halogens is 1. The van der Waals surface area contributed by atoms with Crippen molar-refractivity contribution in [3.05, 3.63) is 47.0 Å². The highest BCUT2D eigenvalue weighted by Crippen LogP contribution is 2.34. The van der Waals surface area contributed by atoms with Gasteiger partial charge in [-0.25, -0.2) is 4.98 Å². The van der Waals surface area contributed by atoms with Gasteiger partial charge in [-0.3, -0.25) is 4.79 Å². The van der Waals surface area contributed by atoms with Crippen molar-refractivity contribution < 1.29 is 4.79 Å². The van der Waals surface area contributed by atoms with Crippen LogP contribution in [0.1, 0.15) is 44.1 Å². The molecular formula is C29H36ClN5O. The summed E-state index contributed by atoms with van der Waals surface area (Å²) in [5.74, 6) is 1.32. The van der Waals surface area contributed by atoms with Gasteiger partial charge < -0.3 is 19.7 Å². The smallest absolute Gasteiger partial charge is 0.225 e. The summed E-state index contributed by atoms with van der Waals surface area (Å²) in [5.41, 5.74) is 5.22. The van der Waals surface area contributed by atoms with Crippen molar-refractivity contribution in [1.29, 1.82) is 0 Å². The second-order valence-corrected chi connectivity index (χ2v) is 11.2. The molecule has 0 spiro atoms. The maximum Gasteiger partial charge on any atom is 0.225 e. The number of anilines is 1. The quantitative estimate of drug-likeness (QED) is 0.509. The van der Waals surface area contributed by atoms with Gasteiger partial charge in [0.15, 0.2) is 0 Å². The fourth-order valence-electron chi connectivity index (χ4n) is 6.34. The summed E-state index contributed by atoms with van der Waals surface area (Å²) in [6.07, 6.45) is 6.77. The summed E-state index contributed by atoms with van der Waals surface area (Å²) >= 11 is 6.60. The van der Waals surface area contributed by atoms with Crippen molar-refractivity contribution in [2.24, 2.45) is 5.92 Å². The fraction of sp³-hybridized carbons (Fsp3) is 0.517. The summed E-state index contributed by atoms with van der Waals surface area (Å²) in [6, 6.07) is 13.1. The van der Waals surface area contributed by atoms with Crippen LogP contribution in [0.15, 0.2) is 36.4 Å². The van der Waals surface area contributed by atoms with E-state index in [1.54, 1.807) is 0 Å². The number of hydrogen-bond acceptors (Lipinski definition) is 4. The van der Waals surface area contributed by atoms with Crippen molar-refractivity contribution in [3.63, 3.8) is 0 Å². The van der Waals surface area contributed by atoms with E-state index in [0.29, 0.717) is 17.0 Å². The van der Waals surface area contributed by atoms with Gasteiger partial charge in [-0.05, 0) is 94.4 Å². The summed E-state index contributed by atoms with van der Waals surface area (Å²) in [4.78, 5) is 28.7. The number of carbonyl (C=O) groups excluding carboxylic acids is 1. The Labute approximate surface area is 218 Å². The SMILES string of the molecule is Cc1ccc2[nH]c(-c3cc(N4CCC(C(=O)N5CCC(N6CCCC6)CC5)CC4)ccc3Cl)nc2c1. The number of hydrogen-bond donors (Lipinski definition) is 1. The number of aromatic nitrogens is 2. The van der Waals surface area contributed by atoms with Gasteiger partial charge in [0.1, 0.15) is 5.82 Å². The zero-order chi connectivity index (χ0) is 24.6. The van der Waals surface area contributed by atoms with Gasteiger partial charge in [0.2, 0.25) is 5.91 Å². The number of imidazole rings is 1. The monoisotopic (exact) mass is 505 g/mol. The maximum absolute atomic E-state index is 13.3. The molecule has 6 nitrogen and oxygen atoms in total. The molecule has 190 valence electrons. The van der Waals surface area contributed by atoms with Crippen LogP contribution in [0.4, 0.5) is 5.69 Å². The van der Waals surface area contributed by atoms with E-state index in [0.717, 1.165) is 80.0 Å². The van der Waals surface area contributed by atoms with Gasteiger partial charge in [0.05, 0.1) is 16.1 Å². The van der Waals surface area contributed by atoms with Gasteiger partial charge in [-0.1, -0.05) is 17.7 Å². The molecule has 3 aliphatic rings. The largest absolute Gasteiger partial charge is 0.371 e. The van der Waals surface area contributed by atoms with Crippen LogP contribution >= 0.6 is 11.6 Å². The lowest BCUT2D eigenvalue weighted by Gasteiger charge is -2.40. The first-order valence-corrected chi connectivity index (χ1v) is 14.0.